The minimum atomic E-state index is -1.15. The lowest BCUT2D eigenvalue weighted by Crippen LogP contribution is -2.64. The summed E-state index contributed by atoms with van der Waals surface area (Å²) in [7, 11) is 0. The summed E-state index contributed by atoms with van der Waals surface area (Å²) < 4.78 is 5.31. The van der Waals surface area contributed by atoms with Gasteiger partial charge in [0.1, 0.15) is 5.54 Å². The van der Waals surface area contributed by atoms with Crippen LogP contribution in [0.1, 0.15) is 63.9 Å². The molecule has 4 amide bonds. The van der Waals surface area contributed by atoms with Crippen LogP contribution in [0.4, 0.5) is 10.5 Å². The quantitative estimate of drug-likeness (QED) is 0.224. The number of rotatable bonds is 11. The van der Waals surface area contributed by atoms with Gasteiger partial charge in [0.25, 0.3) is 11.6 Å². The van der Waals surface area contributed by atoms with E-state index in [4.69, 9.17) is 4.74 Å². The molecule has 1 aliphatic carbocycles. The maximum absolute atomic E-state index is 13.6. The zero-order valence-corrected chi connectivity index (χ0v) is 21.8. The van der Waals surface area contributed by atoms with Gasteiger partial charge in [0.2, 0.25) is 11.7 Å². The Balaban J connectivity index is 1.68. The number of carbonyl (C=O) groups is 4. The van der Waals surface area contributed by atoms with E-state index in [9.17, 15) is 29.3 Å². The first-order chi connectivity index (χ1) is 18.3. The van der Waals surface area contributed by atoms with Crippen LogP contribution in [-0.4, -0.2) is 71.3 Å². The van der Waals surface area contributed by atoms with E-state index in [-0.39, 0.29) is 24.7 Å². The summed E-state index contributed by atoms with van der Waals surface area (Å²) in [6.45, 7) is 3.62. The zero-order valence-electron chi connectivity index (χ0n) is 21.8. The number of hydrogen-bond acceptors (Lipinski definition) is 7. The molecular weight excluding hydrogens is 494 g/mol. The summed E-state index contributed by atoms with van der Waals surface area (Å²) >= 11 is 0. The van der Waals surface area contributed by atoms with Crippen LogP contribution in [0.5, 0.6) is 0 Å². The Bertz CT molecular complexity index is 1020. The third-order valence-corrected chi connectivity index (χ3v) is 7.05. The van der Waals surface area contributed by atoms with Gasteiger partial charge in [0.05, 0.1) is 24.2 Å². The molecule has 1 saturated carbocycles. The number of unbranched alkanes of at least 4 members (excludes halogenated alkanes) is 1. The van der Waals surface area contributed by atoms with Gasteiger partial charge in [-0.15, -0.1) is 0 Å². The van der Waals surface area contributed by atoms with E-state index < -0.39 is 34.1 Å². The van der Waals surface area contributed by atoms with E-state index in [1.165, 1.54) is 18.2 Å². The topological polar surface area (TPSA) is 160 Å². The van der Waals surface area contributed by atoms with Gasteiger partial charge >= 0.3 is 6.03 Å². The molecule has 38 heavy (non-hydrogen) atoms. The molecule has 1 heterocycles. The molecule has 1 saturated heterocycles. The fraction of sp³-hybridized carbons (Fsp3) is 0.615. The van der Waals surface area contributed by atoms with E-state index in [1.807, 2.05) is 6.92 Å². The summed E-state index contributed by atoms with van der Waals surface area (Å²) in [6, 6.07) is 4.39. The SMILES string of the molecule is CCCC[C@H](NC(=O)C1(NC(=O)N2CCOCC2)CCCCC1)C(=O)C(=O)NCc1cccc([N+](=O)[O-])c1. The van der Waals surface area contributed by atoms with Gasteiger partial charge in [-0.3, -0.25) is 24.5 Å². The third kappa shape index (κ3) is 7.73. The van der Waals surface area contributed by atoms with Crippen LogP contribution in [0.15, 0.2) is 24.3 Å². The van der Waals surface area contributed by atoms with E-state index >= 15 is 0 Å². The van der Waals surface area contributed by atoms with Gasteiger partial charge in [0, 0.05) is 31.8 Å². The number of urea groups is 1. The number of carbonyl (C=O) groups excluding carboxylic acids is 4. The summed E-state index contributed by atoms with van der Waals surface area (Å²) in [6.07, 6.45) is 5.00. The van der Waals surface area contributed by atoms with Crippen LogP contribution in [0, 0.1) is 10.1 Å². The van der Waals surface area contributed by atoms with Crippen molar-refractivity contribution in [2.24, 2.45) is 0 Å². The summed E-state index contributed by atoms with van der Waals surface area (Å²) in [5, 5.41) is 19.2. The minimum Gasteiger partial charge on any atom is -0.378 e. The normalized spacial score (nSPS) is 17.7. The zero-order chi connectivity index (χ0) is 27.5. The van der Waals surface area contributed by atoms with Crippen molar-refractivity contribution in [3.05, 3.63) is 39.9 Å². The van der Waals surface area contributed by atoms with Gasteiger partial charge in [-0.1, -0.05) is 51.2 Å². The van der Waals surface area contributed by atoms with Crippen LogP contribution in [-0.2, 0) is 25.7 Å². The number of nitro benzene ring substituents is 1. The van der Waals surface area contributed by atoms with E-state index in [2.05, 4.69) is 16.0 Å². The Labute approximate surface area is 222 Å². The highest BCUT2D eigenvalue weighted by molar-refractivity contribution is 6.38. The Kier molecular flexibility index (Phi) is 10.6. The van der Waals surface area contributed by atoms with Crippen molar-refractivity contribution < 1.29 is 28.8 Å². The monoisotopic (exact) mass is 531 g/mol. The number of ketones is 1. The second-order valence-electron chi connectivity index (χ2n) is 9.81. The molecule has 3 N–H and O–H groups in total. The van der Waals surface area contributed by atoms with Crippen molar-refractivity contribution in [1.82, 2.24) is 20.9 Å². The number of morpholine rings is 1. The maximum atomic E-state index is 13.6. The molecule has 0 unspecified atom stereocenters. The highest BCUT2D eigenvalue weighted by atomic mass is 16.6. The van der Waals surface area contributed by atoms with Gasteiger partial charge in [-0.25, -0.2) is 4.79 Å². The van der Waals surface area contributed by atoms with Gasteiger partial charge < -0.3 is 25.6 Å². The Morgan fingerprint density at radius 3 is 2.50 bits per heavy atom. The molecule has 2 aliphatic rings. The summed E-state index contributed by atoms with van der Waals surface area (Å²) in [5.41, 5.74) is -0.799. The molecule has 1 atom stereocenters. The number of amides is 4. The number of non-ortho nitro benzene ring substituents is 1. The number of nitrogens with one attached hydrogen (secondary N) is 3. The Morgan fingerprint density at radius 2 is 1.84 bits per heavy atom. The van der Waals surface area contributed by atoms with Gasteiger partial charge in [-0.05, 0) is 24.8 Å². The number of ether oxygens (including phenoxy) is 1. The molecule has 208 valence electrons. The molecule has 0 radical (unpaired) electrons. The molecule has 12 nitrogen and oxygen atoms in total. The highest BCUT2D eigenvalue weighted by Crippen LogP contribution is 2.29. The molecule has 1 aromatic carbocycles. The van der Waals surface area contributed by atoms with E-state index in [1.54, 1.807) is 11.0 Å². The van der Waals surface area contributed by atoms with Crippen molar-refractivity contribution in [1.29, 1.82) is 0 Å². The van der Waals surface area contributed by atoms with Crippen LogP contribution in [0.3, 0.4) is 0 Å². The van der Waals surface area contributed by atoms with Crippen molar-refractivity contribution >= 4 is 29.3 Å². The molecule has 12 heteroatoms. The number of nitro groups is 1. The van der Waals surface area contributed by atoms with E-state index in [0.717, 1.165) is 25.7 Å². The first kappa shape index (κ1) is 29.0. The Morgan fingerprint density at radius 1 is 1.13 bits per heavy atom. The average Bonchev–Trinajstić information content (AvgIpc) is 2.94. The Hall–Kier alpha value is -3.54. The molecule has 3 rings (SSSR count). The van der Waals surface area contributed by atoms with Crippen LogP contribution in [0.25, 0.3) is 0 Å². The van der Waals surface area contributed by atoms with Crippen molar-refractivity contribution in [3.8, 4) is 0 Å². The molecule has 0 aromatic heterocycles. The lowest BCUT2D eigenvalue weighted by molar-refractivity contribution is -0.384. The summed E-state index contributed by atoms with van der Waals surface area (Å²) in [4.78, 5) is 64.5. The molecule has 1 aliphatic heterocycles. The predicted molar refractivity (Wildman–Crippen MR) is 138 cm³/mol. The molecule has 1 aromatic rings. The molecule has 0 bridgehead atoms. The smallest absolute Gasteiger partial charge is 0.318 e. The van der Waals surface area contributed by atoms with Gasteiger partial charge in [0.15, 0.2) is 0 Å². The lowest BCUT2D eigenvalue weighted by Gasteiger charge is -2.39. The number of benzene rings is 1. The lowest BCUT2D eigenvalue weighted by atomic mass is 9.80. The van der Waals surface area contributed by atoms with Crippen molar-refractivity contribution in [3.63, 3.8) is 0 Å². The van der Waals surface area contributed by atoms with Crippen molar-refractivity contribution in [2.45, 2.75) is 76.4 Å². The number of nitrogens with zero attached hydrogens (tertiary/aromatic N) is 2. The van der Waals surface area contributed by atoms with Crippen molar-refractivity contribution in [2.75, 3.05) is 26.3 Å². The van der Waals surface area contributed by atoms with E-state index in [0.29, 0.717) is 51.1 Å². The number of hydrogen-bond donors (Lipinski definition) is 3. The first-order valence-corrected chi connectivity index (χ1v) is 13.3. The van der Waals surface area contributed by atoms with Crippen LogP contribution >= 0.6 is 0 Å². The van der Waals surface area contributed by atoms with Crippen LogP contribution in [0.2, 0.25) is 0 Å². The number of Topliss-reactive ketones (excluding diaryl/α,β-unsaturated/α-hetero) is 1. The summed E-state index contributed by atoms with van der Waals surface area (Å²) in [5.74, 6) is -2.13. The molecular formula is C26H37N5O7. The average molecular weight is 532 g/mol. The standard InChI is InChI=1S/C26H37N5O7/c1-2-3-10-21(22(32)23(33)27-18-19-8-7-9-20(17-19)31(36)37)28-24(34)26(11-5-4-6-12-26)29-25(35)30-13-15-38-16-14-30/h7-9,17,21H,2-6,10-16,18H2,1H3,(H,27,33)(H,28,34)(H,29,35)/t21-/m0/s1. The minimum absolute atomic E-state index is 0.0692. The predicted octanol–water partition coefficient (Wildman–Crippen LogP) is 2.20. The third-order valence-electron chi connectivity index (χ3n) is 7.05. The highest BCUT2D eigenvalue weighted by Gasteiger charge is 2.43. The largest absolute Gasteiger partial charge is 0.378 e. The molecule has 2 fully saturated rings. The second kappa shape index (κ2) is 13.8. The molecule has 0 spiro atoms. The first-order valence-electron chi connectivity index (χ1n) is 13.3. The maximum Gasteiger partial charge on any atom is 0.318 e. The van der Waals surface area contributed by atoms with Crippen LogP contribution < -0.4 is 16.0 Å². The van der Waals surface area contributed by atoms with Gasteiger partial charge in [-0.2, -0.15) is 0 Å². The second-order valence-corrected chi connectivity index (χ2v) is 9.81. The fourth-order valence-electron chi connectivity index (χ4n) is 4.80. The fourth-order valence-corrected chi connectivity index (χ4v) is 4.80.